The second-order valence-corrected chi connectivity index (χ2v) is 8.04. The number of ether oxygens (including phenoxy) is 2. The van der Waals surface area contributed by atoms with Crippen molar-refractivity contribution in [1.29, 1.82) is 5.26 Å². The number of benzene rings is 2. The van der Waals surface area contributed by atoms with E-state index >= 15 is 0 Å². The lowest BCUT2D eigenvalue weighted by molar-refractivity contribution is -0.153. The molecule has 152 valence electrons. The van der Waals surface area contributed by atoms with Crippen LogP contribution in [-0.4, -0.2) is 38.6 Å². The number of hydrogen-bond acceptors (Lipinski definition) is 7. The fourth-order valence-corrected chi connectivity index (χ4v) is 2.90. The minimum absolute atomic E-state index is 0.269. The number of nitriles is 1. The number of ketones is 1. The van der Waals surface area contributed by atoms with E-state index < -0.39 is 34.0 Å². The topological polar surface area (TPSA) is 123 Å². The normalized spacial score (nSPS) is 12.9. The Bertz CT molecular complexity index is 1020. The lowest BCUT2D eigenvalue weighted by Gasteiger charge is -2.17. The molecule has 0 unspecified atom stereocenters. The Morgan fingerprint density at radius 1 is 1.00 bits per heavy atom. The molecule has 0 aliphatic carbocycles. The first-order valence-corrected chi connectivity index (χ1v) is 10.5. The molecule has 0 fully saturated rings. The Balaban J connectivity index is 1.95. The molecule has 0 aliphatic heterocycles. The fourth-order valence-electron chi connectivity index (χ4n) is 2.34. The summed E-state index contributed by atoms with van der Waals surface area (Å²) in [4.78, 5) is 24.6. The molecule has 8 nitrogen and oxygen atoms in total. The van der Waals surface area contributed by atoms with E-state index in [1.165, 1.54) is 38.1 Å². The molecule has 2 rings (SSSR count). The van der Waals surface area contributed by atoms with Gasteiger partial charge in [-0.1, -0.05) is 0 Å². The van der Waals surface area contributed by atoms with Crippen molar-refractivity contribution >= 4 is 27.5 Å². The Kier molecular flexibility index (Phi) is 6.96. The third kappa shape index (κ3) is 6.62. The molecule has 0 bridgehead atoms. The molecule has 0 saturated heterocycles. The number of anilines is 1. The Morgan fingerprint density at radius 2 is 1.59 bits per heavy atom. The summed E-state index contributed by atoms with van der Waals surface area (Å²) in [7, 11) is -3.42. The molecule has 0 aromatic heterocycles. The summed E-state index contributed by atoms with van der Waals surface area (Å²) in [6.07, 6.45) is -0.989. The second-order valence-electron chi connectivity index (χ2n) is 6.29. The first-order valence-electron chi connectivity index (χ1n) is 8.58. The van der Waals surface area contributed by atoms with Crippen molar-refractivity contribution in [3.63, 3.8) is 0 Å². The van der Waals surface area contributed by atoms with Crippen LogP contribution in [0.3, 0.4) is 0 Å². The van der Waals surface area contributed by atoms with Crippen molar-refractivity contribution in [1.82, 2.24) is 0 Å². The van der Waals surface area contributed by atoms with Gasteiger partial charge in [-0.2, -0.15) is 5.26 Å². The van der Waals surface area contributed by atoms with Crippen LogP contribution in [0, 0.1) is 11.3 Å². The van der Waals surface area contributed by atoms with Crippen molar-refractivity contribution in [3.8, 4) is 11.8 Å². The van der Waals surface area contributed by atoms with Crippen LogP contribution in [0.4, 0.5) is 5.69 Å². The number of nitrogens with one attached hydrogen (secondary N) is 1. The summed E-state index contributed by atoms with van der Waals surface area (Å²) in [6, 6.07) is 14.0. The Labute approximate surface area is 169 Å². The zero-order valence-corrected chi connectivity index (χ0v) is 16.9. The SMILES string of the molecule is C[C@H](Oc1ccc(C#N)cc1)C(=O)O[C@H](C)C(=O)c1ccc(NS(C)(=O)=O)cc1. The zero-order chi connectivity index (χ0) is 21.6. The zero-order valence-electron chi connectivity index (χ0n) is 16.1. The van der Waals surface area contributed by atoms with E-state index in [1.54, 1.807) is 24.3 Å². The van der Waals surface area contributed by atoms with E-state index in [0.29, 0.717) is 17.0 Å². The van der Waals surface area contributed by atoms with Crippen LogP contribution < -0.4 is 9.46 Å². The van der Waals surface area contributed by atoms with E-state index in [2.05, 4.69) is 4.72 Å². The third-order valence-electron chi connectivity index (χ3n) is 3.76. The highest BCUT2D eigenvalue weighted by molar-refractivity contribution is 7.92. The predicted molar refractivity (Wildman–Crippen MR) is 106 cm³/mol. The minimum atomic E-state index is -3.42. The fraction of sp³-hybridized carbons (Fsp3) is 0.250. The van der Waals surface area contributed by atoms with Gasteiger partial charge in [-0.15, -0.1) is 0 Å². The van der Waals surface area contributed by atoms with Crippen LogP contribution in [0.5, 0.6) is 5.75 Å². The van der Waals surface area contributed by atoms with Crippen molar-refractivity contribution < 1.29 is 27.5 Å². The second kappa shape index (κ2) is 9.21. The van der Waals surface area contributed by atoms with E-state index in [9.17, 15) is 18.0 Å². The molecule has 0 amide bonds. The maximum absolute atomic E-state index is 12.4. The summed E-state index contributed by atoms with van der Waals surface area (Å²) in [5.41, 5.74) is 1.05. The first kappa shape index (κ1) is 21.9. The van der Waals surface area contributed by atoms with E-state index in [4.69, 9.17) is 14.7 Å². The van der Waals surface area contributed by atoms with Gasteiger partial charge in [-0.3, -0.25) is 9.52 Å². The summed E-state index contributed by atoms with van der Waals surface area (Å²) in [5.74, 6) is -0.762. The minimum Gasteiger partial charge on any atom is -0.479 e. The van der Waals surface area contributed by atoms with Crippen molar-refractivity contribution in [3.05, 3.63) is 59.7 Å². The molecule has 2 aromatic carbocycles. The van der Waals surface area contributed by atoms with E-state index in [0.717, 1.165) is 6.26 Å². The van der Waals surface area contributed by atoms with Crippen LogP contribution >= 0.6 is 0 Å². The standard InChI is InChI=1S/C20H20N2O6S/c1-13(19(23)16-6-8-17(9-7-16)22-29(3,25)26)28-20(24)14(2)27-18-10-4-15(12-21)5-11-18/h4-11,13-14,22H,1-3H3/t13-,14+/m1/s1. The molecule has 0 heterocycles. The molecule has 0 aliphatic rings. The van der Waals surface area contributed by atoms with Gasteiger partial charge in [0.05, 0.1) is 17.9 Å². The maximum atomic E-state index is 12.4. The molecule has 0 saturated carbocycles. The number of carbonyl (C=O) groups excluding carboxylic acids is 2. The molecule has 0 radical (unpaired) electrons. The van der Waals surface area contributed by atoms with Crippen molar-refractivity contribution in [2.75, 3.05) is 11.0 Å². The van der Waals surface area contributed by atoms with Gasteiger partial charge in [0.25, 0.3) is 0 Å². The molecule has 9 heteroatoms. The summed E-state index contributed by atoms with van der Waals surface area (Å²) < 4.78 is 35.4. The van der Waals surface area contributed by atoms with Crippen LogP contribution in [0.25, 0.3) is 0 Å². The number of carbonyl (C=O) groups is 2. The molecule has 2 aromatic rings. The largest absolute Gasteiger partial charge is 0.479 e. The maximum Gasteiger partial charge on any atom is 0.347 e. The van der Waals surface area contributed by atoms with Gasteiger partial charge in [0, 0.05) is 11.3 Å². The van der Waals surface area contributed by atoms with Gasteiger partial charge >= 0.3 is 5.97 Å². The number of Topliss-reactive ketones (excluding diaryl/α,β-unsaturated/α-hetero) is 1. The monoisotopic (exact) mass is 416 g/mol. The van der Waals surface area contributed by atoms with E-state index in [-0.39, 0.29) is 5.56 Å². The average molecular weight is 416 g/mol. The highest BCUT2D eigenvalue weighted by Gasteiger charge is 2.24. The van der Waals surface area contributed by atoms with Crippen LogP contribution in [-0.2, 0) is 19.6 Å². The van der Waals surface area contributed by atoms with Crippen LogP contribution in [0.1, 0.15) is 29.8 Å². The van der Waals surface area contributed by atoms with Crippen LogP contribution in [0.2, 0.25) is 0 Å². The van der Waals surface area contributed by atoms with Crippen LogP contribution in [0.15, 0.2) is 48.5 Å². The molecular weight excluding hydrogens is 396 g/mol. The summed E-state index contributed by atoms with van der Waals surface area (Å²) >= 11 is 0. The summed E-state index contributed by atoms with van der Waals surface area (Å²) in [6.45, 7) is 2.93. The lowest BCUT2D eigenvalue weighted by Crippen LogP contribution is -2.32. The number of nitrogens with zero attached hydrogens (tertiary/aromatic N) is 1. The number of sulfonamides is 1. The first-order chi connectivity index (χ1) is 13.6. The van der Waals surface area contributed by atoms with Gasteiger partial charge in [-0.25, -0.2) is 13.2 Å². The average Bonchev–Trinajstić information content (AvgIpc) is 2.67. The number of hydrogen-bond donors (Lipinski definition) is 1. The lowest BCUT2D eigenvalue weighted by atomic mass is 10.1. The Hall–Kier alpha value is -3.38. The third-order valence-corrected chi connectivity index (χ3v) is 4.37. The van der Waals surface area contributed by atoms with E-state index in [1.807, 2.05) is 6.07 Å². The highest BCUT2D eigenvalue weighted by Crippen LogP contribution is 2.16. The Morgan fingerprint density at radius 3 is 2.10 bits per heavy atom. The number of esters is 1. The summed E-state index contributed by atoms with van der Waals surface area (Å²) in [5, 5.41) is 8.78. The molecule has 1 N–H and O–H groups in total. The van der Waals surface area contributed by atoms with Gasteiger partial charge in [0.1, 0.15) is 5.75 Å². The quantitative estimate of drug-likeness (QED) is 0.518. The van der Waals surface area contributed by atoms with Gasteiger partial charge in [0.2, 0.25) is 15.8 Å². The van der Waals surface area contributed by atoms with Gasteiger partial charge in [0.15, 0.2) is 12.2 Å². The molecular formula is C20H20N2O6S. The van der Waals surface area contributed by atoms with Crippen molar-refractivity contribution in [2.24, 2.45) is 0 Å². The number of rotatable bonds is 8. The smallest absolute Gasteiger partial charge is 0.347 e. The highest BCUT2D eigenvalue weighted by atomic mass is 32.2. The van der Waals surface area contributed by atoms with Gasteiger partial charge in [-0.05, 0) is 62.4 Å². The predicted octanol–water partition coefficient (Wildman–Crippen LogP) is 2.51. The molecule has 2 atom stereocenters. The van der Waals surface area contributed by atoms with Crippen molar-refractivity contribution in [2.45, 2.75) is 26.1 Å². The van der Waals surface area contributed by atoms with Gasteiger partial charge < -0.3 is 9.47 Å². The molecule has 0 spiro atoms. The molecule has 29 heavy (non-hydrogen) atoms.